The van der Waals surface area contributed by atoms with Crippen LogP contribution in [0.4, 0.5) is 0 Å². The first-order valence-electron chi connectivity index (χ1n) is 6.86. The van der Waals surface area contributed by atoms with Crippen molar-refractivity contribution in [3.63, 3.8) is 0 Å². The van der Waals surface area contributed by atoms with E-state index in [4.69, 9.17) is 16.3 Å². The van der Waals surface area contributed by atoms with Crippen molar-refractivity contribution >= 4 is 17.2 Å². The fourth-order valence-electron chi connectivity index (χ4n) is 2.42. The number of aryl methyl sites for hydroxylation is 2. The van der Waals surface area contributed by atoms with Crippen LogP contribution in [0.15, 0.2) is 30.3 Å². The van der Waals surface area contributed by atoms with Gasteiger partial charge in [-0.25, -0.2) is 9.50 Å². The van der Waals surface area contributed by atoms with Gasteiger partial charge in [0.1, 0.15) is 10.9 Å². The number of aromatic nitrogens is 3. The summed E-state index contributed by atoms with van der Waals surface area (Å²) in [5, 5.41) is 5.05. The largest absolute Gasteiger partial charge is 0.494 e. The van der Waals surface area contributed by atoms with Crippen molar-refractivity contribution in [1.82, 2.24) is 14.6 Å². The summed E-state index contributed by atoms with van der Waals surface area (Å²) in [7, 11) is 0. The summed E-state index contributed by atoms with van der Waals surface area (Å²) < 4.78 is 7.15. The first-order chi connectivity index (χ1) is 10.1. The Kier molecular flexibility index (Phi) is 3.55. The Morgan fingerprint density at radius 2 is 1.90 bits per heavy atom. The standard InChI is InChI=1S/C16H16ClN3O/c1-4-21-13-7-5-12(6-8-13)15-11(3)19-20-14(17)9-10(2)18-16(15)20/h5-9H,4H2,1-3H3. The van der Waals surface area contributed by atoms with Crippen LogP contribution < -0.4 is 4.74 Å². The monoisotopic (exact) mass is 301 g/mol. The van der Waals surface area contributed by atoms with Crippen molar-refractivity contribution in [2.24, 2.45) is 0 Å². The van der Waals surface area contributed by atoms with Gasteiger partial charge in [0.05, 0.1) is 12.3 Å². The maximum atomic E-state index is 6.24. The molecular weight excluding hydrogens is 286 g/mol. The highest BCUT2D eigenvalue weighted by Gasteiger charge is 2.15. The molecule has 3 aromatic rings. The number of halogens is 1. The molecule has 0 amide bonds. The predicted octanol–water partition coefficient (Wildman–Crippen LogP) is 4.07. The van der Waals surface area contributed by atoms with Gasteiger partial charge in [0.2, 0.25) is 0 Å². The van der Waals surface area contributed by atoms with Crippen molar-refractivity contribution in [2.45, 2.75) is 20.8 Å². The van der Waals surface area contributed by atoms with Crippen LogP contribution in [0.3, 0.4) is 0 Å². The number of hydrogen-bond donors (Lipinski definition) is 0. The van der Waals surface area contributed by atoms with Gasteiger partial charge in [-0.05, 0) is 44.5 Å². The Balaban J connectivity index is 2.17. The molecule has 2 aromatic heterocycles. The van der Waals surface area contributed by atoms with Gasteiger partial charge in [-0.1, -0.05) is 23.7 Å². The molecule has 0 saturated carbocycles. The Morgan fingerprint density at radius 3 is 2.57 bits per heavy atom. The zero-order valence-corrected chi connectivity index (χ0v) is 13.0. The summed E-state index contributed by atoms with van der Waals surface area (Å²) in [6, 6.07) is 9.77. The van der Waals surface area contributed by atoms with Crippen molar-refractivity contribution in [3.8, 4) is 16.9 Å². The minimum Gasteiger partial charge on any atom is -0.494 e. The zero-order chi connectivity index (χ0) is 15.0. The third kappa shape index (κ3) is 2.47. The molecule has 0 fully saturated rings. The van der Waals surface area contributed by atoms with Crippen molar-refractivity contribution in [1.29, 1.82) is 0 Å². The maximum Gasteiger partial charge on any atom is 0.165 e. The lowest BCUT2D eigenvalue weighted by Crippen LogP contribution is -1.94. The summed E-state index contributed by atoms with van der Waals surface area (Å²) in [6.45, 7) is 6.52. The van der Waals surface area contributed by atoms with Gasteiger partial charge >= 0.3 is 0 Å². The Labute approximate surface area is 128 Å². The van der Waals surface area contributed by atoms with Gasteiger partial charge in [0.15, 0.2) is 5.65 Å². The number of hydrogen-bond acceptors (Lipinski definition) is 3. The lowest BCUT2D eigenvalue weighted by Gasteiger charge is -2.05. The van der Waals surface area contributed by atoms with E-state index >= 15 is 0 Å². The van der Waals surface area contributed by atoms with E-state index in [1.165, 1.54) is 0 Å². The average Bonchev–Trinajstić information content (AvgIpc) is 2.77. The van der Waals surface area contributed by atoms with Crippen molar-refractivity contribution in [2.75, 3.05) is 6.61 Å². The van der Waals surface area contributed by atoms with Crippen LogP contribution in [0, 0.1) is 13.8 Å². The van der Waals surface area contributed by atoms with E-state index in [0.29, 0.717) is 11.8 Å². The molecule has 0 spiro atoms. The molecular formula is C16H16ClN3O. The van der Waals surface area contributed by atoms with Crippen LogP contribution in [0.5, 0.6) is 5.75 Å². The number of benzene rings is 1. The highest BCUT2D eigenvalue weighted by Crippen LogP contribution is 2.30. The average molecular weight is 302 g/mol. The molecule has 4 nitrogen and oxygen atoms in total. The van der Waals surface area contributed by atoms with E-state index in [1.54, 1.807) is 4.52 Å². The van der Waals surface area contributed by atoms with Gasteiger partial charge in [0.25, 0.3) is 0 Å². The third-order valence-electron chi connectivity index (χ3n) is 3.30. The van der Waals surface area contributed by atoms with Crippen LogP contribution in [0.1, 0.15) is 18.3 Å². The second kappa shape index (κ2) is 5.37. The number of rotatable bonds is 3. The Bertz CT molecular complexity index is 793. The zero-order valence-electron chi connectivity index (χ0n) is 12.2. The molecule has 2 heterocycles. The molecule has 0 aliphatic heterocycles. The lowest BCUT2D eigenvalue weighted by atomic mass is 10.1. The molecule has 108 valence electrons. The molecule has 0 N–H and O–H groups in total. The minimum atomic E-state index is 0.567. The van der Waals surface area contributed by atoms with Crippen LogP contribution in [-0.2, 0) is 0 Å². The van der Waals surface area contributed by atoms with Crippen molar-refractivity contribution in [3.05, 3.63) is 46.9 Å². The normalized spacial score (nSPS) is 11.0. The van der Waals surface area contributed by atoms with E-state index in [0.717, 1.165) is 33.9 Å². The first-order valence-corrected chi connectivity index (χ1v) is 7.23. The highest BCUT2D eigenvalue weighted by molar-refractivity contribution is 6.29. The van der Waals surface area contributed by atoms with E-state index in [2.05, 4.69) is 10.1 Å². The SMILES string of the molecule is CCOc1ccc(-c2c(C)nn3c(Cl)cc(C)nc23)cc1. The number of fused-ring (bicyclic) bond motifs is 1. The topological polar surface area (TPSA) is 39.4 Å². The fraction of sp³-hybridized carbons (Fsp3) is 0.250. The molecule has 0 unspecified atom stereocenters. The Hall–Kier alpha value is -2.07. The van der Waals surface area contributed by atoms with Gasteiger partial charge < -0.3 is 4.74 Å². The smallest absolute Gasteiger partial charge is 0.165 e. The highest BCUT2D eigenvalue weighted by atomic mass is 35.5. The number of ether oxygens (including phenoxy) is 1. The maximum absolute atomic E-state index is 6.24. The molecule has 21 heavy (non-hydrogen) atoms. The summed E-state index contributed by atoms with van der Waals surface area (Å²) >= 11 is 6.24. The van der Waals surface area contributed by atoms with E-state index in [1.807, 2.05) is 51.1 Å². The molecule has 0 saturated heterocycles. The first kappa shape index (κ1) is 13.9. The molecule has 0 radical (unpaired) electrons. The van der Waals surface area contributed by atoms with Gasteiger partial charge in [0, 0.05) is 11.3 Å². The molecule has 0 aliphatic carbocycles. The second-order valence-electron chi connectivity index (χ2n) is 4.87. The van der Waals surface area contributed by atoms with Gasteiger partial charge in [-0.3, -0.25) is 0 Å². The summed E-state index contributed by atoms with van der Waals surface area (Å²) in [5.41, 5.74) is 4.61. The number of nitrogens with zero attached hydrogens (tertiary/aromatic N) is 3. The molecule has 5 heteroatoms. The van der Waals surface area contributed by atoms with Gasteiger partial charge in [-0.15, -0.1) is 0 Å². The van der Waals surface area contributed by atoms with Gasteiger partial charge in [-0.2, -0.15) is 5.10 Å². The van der Waals surface area contributed by atoms with Crippen LogP contribution in [0.25, 0.3) is 16.8 Å². The van der Waals surface area contributed by atoms with E-state index in [9.17, 15) is 0 Å². The van der Waals surface area contributed by atoms with Crippen LogP contribution >= 0.6 is 11.6 Å². The molecule has 3 rings (SSSR count). The van der Waals surface area contributed by atoms with Crippen LogP contribution in [-0.4, -0.2) is 21.2 Å². The predicted molar refractivity (Wildman–Crippen MR) is 84.1 cm³/mol. The quantitative estimate of drug-likeness (QED) is 0.685. The second-order valence-corrected chi connectivity index (χ2v) is 5.26. The van der Waals surface area contributed by atoms with Crippen molar-refractivity contribution < 1.29 is 4.74 Å². The molecule has 0 bridgehead atoms. The minimum absolute atomic E-state index is 0.567. The summed E-state index contributed by atoms with van der Waals surface area (Å²) in [4.78, 5) is 4.58. The lowest BCUT2D eigenvalue weighted by molar-refractivity contribution is 0.340. The summed E-state index contributed by atoms with van der Waals surface area (Å²) in [6.07, 6.45) is 0. The molecule has 1 aromatic carbocycles. The Morgan fingerprint density at radius 1 is 1.19 bits per heavy atom. The summed E-state index contributed by atoms with van der Waals surface area (Å²) in [5.74, 6) is 0.859. The molecule has 0 aliphatic rings. The van der Waals surface area contributed by atoms with Crippen LogP contribution in [0.2, 0.25) is 5.15 Å². The third-order valence-corrected chi connectivity index (χ3v) is 3.57. The fourth-order valence-corrected chi connectivity index (χ4v) is 2.70. The van der Waals surface area contributed by atoms with E-state index in [-0.39, 0.29) is 0 Å². The van der Waals surface area contributed by atoms with E-state index < -0.39 is 0 Å². The molecule has 0 atom stereocenters.